The first-order valence-electron chi connectivity index (χ1n) is 9.55. The summed E-state index contributed by atoms with van der Waals surface area (Å²) in [6.45, 7) is 8.72. The van der Waals surface area contributed by atoms with E-state index < -0.39 is 6.10 Å². The zero-order valence-electron chi connectivity index (χ0n) is 16.9. The van der Waals surface area contributed by atoms with Crippen molar-refractivity contribution < 1.29 is 27.0 Å². The molecule has 154 valence electrons. The van der Waals surface area contributed by atoms with Crippen molar-refractivity contribution in [3.05, 3.63) is 53.6 Å². The predicted octanol–water partition coefficient (Wildman–Crippen LogP) is -0.122. The third kappa shape index (κ3) is 5.77. The Bertz CT molecular complexity index is 748. The minimum absolute atomic E-state index is 0. The van der Waals surface area contributed by atoms with E-state index in [1.54, 1.807) is 7.11 Å². The fourth-order valence-electron chi connectivity index (χ4n) is 3.56. The van der Waals surface area contributed by atoms with Gasteiger partial charge in [-0.15, -0.1) is 0 Å². The SMILES string of the molecule is COc1ccccc1N1CCN(CC(O)COc2ccc(C)cc2C)CC1.[Cl-]. The minimum atomic E-state index is -0.497. The molecule has 3 rings (SSSR count). The molecule has 0 bridgehead atoms. The number of hydrogen-bond acceptors (Lipinski definition) is 5. The lowest BCUT2D eigenvalue weighted by atomic mass is 10.1. The first kappa shape index (κ1) is 22.3. The Morgan fingerprint density at radius 3 is 2.39 bits per heavy atom. The maximum atomic E-state index is 10.4. The van der Waals surface area contributed by atoms with Crippen molar-refractivity contribution in [2.75, 3.05) is 51.3 Å². The molecular weight excluding hydrogens is 376 g/mol. The van der Waals surface area contributed by atoms with Crippen molar-refractivity contribution >= 4 is 5.69 Å². The van der Waals surface area contributed by atoms with Gasteiger partial charge in [0.05, 0.1) is 12.8 Å². The van der Waals surface area contributed by atoms with Crippen LogP contribution in [0.3, 0.4) is 0 Å². The molecule has 1 unspecified atom stereocenters. The van der Waals surface area contributed by atoms with E-state index in [0.29, 0.717) is 13.2 Å². The number of aliphatic hydroxyl groups excluding tert-OH is 1. The molecule has 5 nitrogen and oxygen atoms in total. The van der Waals surface area contributed by atoms with Gasteiger partial charge in [-0.2, -0.15) is 0 Å². The van der Waals surface area contributed by atoms with Crippen LogP contribution < -0.4 is 26.8 Å². The number of β-amino-alcohol motifs (C(OH)–C–C–N with tert-alkyl or cyclic N) is 1. The van der Waals surface area contributed by atoms with Crippen LogP contribution in [0.1, 0.15) is 11.1 Å². The Kier molecular flexibility index (Phi) is 8.42. The van der Waals surface area contributed by atoms with Crippen LogP contribution in [0.25, 0.3) is 0 Å². The number of aryl methyl sites for hydroxylation is 2. The molecular formula is C22H30ClN2O3-. The molecule has 1 aliphatic rings. The van der Waals surface area contributed by atoms with Gasteiger partial charge in [0.25, 0.3) is 0 Å². The zero-order chi connectivity index (χ0) is 19.2. The second-order valence-corrected chi connectivity index (χ2v) is 7.19. The summed E-state index contributed by atoms with van der Waals surface area (Å²) in [5.74, 6) is 1.76. The number of methoxy groups -OCH3 is 1. The first-order chi connectivity index (χ1) is 13.1. The van der Waals surface area contributed by atoms with Gasteiger partial charge in [-0.3, -0.25) is 4.90 Å². The van der Waals surface area contributed by atoms with E-state index in [1.165, 1.54) is 5.56 Å². The largest absolute Gasteiger partial charge is 1.00 e. The molecule has 1 saturated heterocycles. The van der Waals surface area contributed by atoms with Gasteiger partial charge in [0.1, 0.15) is 24.2 Å². The summed E-state index contributed by atoms with van der Waals surface area (Å²) in [4.78, 5) is 4.63. The normalized spacial score (nSPS) is 15.6. The summed E-state index contributed by atoms with van der Waals surface area (Å²) < 4.78 is 11.3. The van der Waals surface area contributed by atoms with Crippen molar-refractivity contribution in [1.82, 2.24) is 4.90 Å². The van der Waals surface area contributed by atoms with Gasteiger partial charge in [-0.05, 0) is 37.6 Å². The fourth-order valence-corrected chi connectivity index (χ4v) is 3.56. The molecule has 1 heterocycles. The molecule has 1 N–H and O–H groups in total. The second kappa shape index (κ2) is 10.6. The summed E-state index contributed by atoms with van der Waals surface area (Å²) in [6, 6.07) is 14.2. The molecule has 28 heavy (non-hydrogen) atoms. The van der Waals surface area contributed by atoms with Gasteiger partial charge >= 0.3 is 0 Å². The van der Waals surface area contributed by atoms with Crippen molar-refractivity contribution in [2.45, 2.75) is 20.0 Å². The molecule has 2 aromatic carbocycles. The van der Waals surface area contributed by atoms with Gasteiger partial charge in [0.2, 0.25) is 0 Å². The van der Waals surface area contributed by atoms with Gasteiger partial charge in [-0.25, -0.2) is 0 Å². The predicted molar refractivity (Wildman–Crippen MR) is 109 cm³/mol. The Morgan fingerprint density at radius 2 is 1.71 bits per heavy atom. The van der Waals surface area contributed by atoms with Crippen molar-refractivity contribution in [3.8, 4) is 11.5 Å². The third-order valence-electron chi connectivity index (χ3n) is 5.03. The van der Waals surface area contributed by atoms with E-state index in [9.17, 15) is 5.11 Å². The zero-order valence-corrected chi connectivity index (χ0v) is 17.7. The second-order valence-electron chi connectivity index (χ2n) is 7.19. The summed E-state index contributed by atoms with van der Waals surface area (Å²) in [6.07, 6.45) is -0.497. The average molecular weight is 406 g/mol. The molecule has 1 aliphatic heterocycles. The van der Waals surface area contributed by atoms with Gasteiger partial charge in [0, 0.05) is 32.7 Å². The monoisotopic (exact) mass is 405 g/mol. The topological polar surface area (TPSA) is 45.2 Å². The number of benzene rings is 2. The molecule has 0 saturated carbocycles. The lowest BCUT2D eigenvalue weighted by Crippen LogP contribution is -3.00. The highest BCUT2D eigenvalue weighted by Gasteiger charge is 2.21. The highest BCUT2D eigenvalue weighted by atomic mass is 35.5. The number of nitrogens with zero attached hydrogens (tertiary/aromatic N) is 2. The van der Waals surface area contributed by atoms with Crippen LogP contribution in [0, 0.1) is 13.8 Å². The van der Waals surface area contributed by atoms with E-state index in [0.717, 1.165) is 48.9 Å². The molecule has 0 spiro atoms. The maximum absolute atomic E-state index is 10.4. The number of ether oxygens (including phenoxy) is 2. The Labute approximate surface area is 174 Å². The highest BCUT2D eigenvalue weighted by molar-refractivity contribution is 5.58. The molecule has 0 radical (unpaired) electrons. The summed E-state index contributed by atoms with van der Waals surface area (Å²) >= 11 is 0. The molecule has 0 aromatic heterocycles. The average Bonchev–Trinajstić information content (AvgIpc) is 2.68. The number of anilines is 1. The number of hydrogen-bond donors (Lipinski definition) is 1. The number of halogens is 1. The molecule has 0 aliphatic carbocycles. The molecule has 6 heteroatoms. The summed E-state index contributed by atoms with van der Waals surface area (Å²) in [5, 5.41) is 10.4. The van der Waals surface area contributed by atoms with Gasteiger partial charge in [0.15, 0.2) is 0 Å². The summed E-state index contributed by atoms with van der Waals surface area (Å²) in [5.41, 5.74) is 3.46. The van der Waals surface area contributed by atoms with Crippen LogP contribution in [-0.2, 0) is 0 Å². The smallest absolute Gasteiger partial charge is 0.142 e. The third-order valence-corrected chi connectivity index (χ3v) is 5.03. The number of rotatable bonds is 7. The minimum Gasteiger partial charge on any atom is -1.00 e. The van der Waals surface area contributed by atoms with Crippen molar-refractivity contribution in [1.29, 1.82) is 0 Å². The maximum Gasteiger partial charge on any atom is 0.142 e. The van der Waals surface area contributed by atoms with E-state index in [1.807, 2.05) is 37.3 Å². The Hall–Kier alpha value is -1.95. The van der Waals surface area contributed by atoms with Crippen LogP contribution in [0.4, 0.5) is 5.69 Å². The van der Waals surface area contributed by atoms with Crippen molar-refractivity contribution in [2.24, 2.45) is 0 Å². The number of aliphatic hydroxyl groups is 1. The van der Waals surface area contributed by atoms with Crippen molar-refractivity contribution in [3.63, 3.8) is 0 Å². The molecule has 0 amide bonds. The number of piperazine rings is 1. The standard InChI is InChI=1S/C22H30N2O3.ClH/c1-17-8-9-21(18(2)14-17)27-16-19(25)15-23-10-12-24(13-11-23)20-6-4-5-7-22(20)26-3;/h4-9,14,19,25H,10-13,15-16H2,1-3H3;1H/p-1. The molecule has 2 aromatic rings. The molecule has 1 atom stereocenters. The van der Waals surface area contributed by atoms with Crippen LogP contribution in [0.5, 0.6) is 11.5 Å². The van der Waals surface area contributed by atoms with Gasteiger partial charge in [-0.1, -0.05) is 29.8 Å². The van der Waals surface area contributed by atoms with Crippen LogP contribution >= 0.6 is 0 Å². The summed E-state index contributed by atoms with van der Waals surface area (Å²) in [7, 11) is 1.71. The Balaban J connectivity index is 0.00000280. The lowest BCUT2D eigenvalue weighted by molar-refractivity contribution is -0.00000820. The van der Waals surface area contributed by atoms with Gasteiger partial charge < -0.3 is 31.9 Å². The highest BCUT2D eigenvalue weighted by Crippen LogP contribution is 2.28. The van der Waals surface area contributed by atoms with Crippen LogP contribution in [-0.4, -0.2) is 62.6 Å². The van der Waals surface area contributed by atoms with E-state index in [2.05, 4.69) is 28.9 Å². The number of para-hydroxylation sites is 2. The van der Waals surface area contributed by atoms with E-state index in [-0.39, 0.29) is 12.4 Å². The van der Waals surface area contributed by atoms with Crippen LogP contribution in [0.15, 0.2) is 42.5 Å². The van der Waals surface area contributed by atoms with E-state index >= 15 is 0 Å². The molecule has 1 fully saturated rings. The first-order valence-corrected chi connectivity index (χ1v) is 9.55. The Morgan fingerprint density at radius 1 is 1.00 bits per heavy atom. The van der Waals surface area contributed by atoms with Crippen LogP contribution in [0.2, 0.25) is 0 Å². The quantitative estimate of drug-likeness (QED) is 0.695. The van der Waals surface area contributed by atoms with E-state index in [4.69, 9.17) is 9.47 Å². The fraction of sp³-hybridized carbons (Fsp3) is 0.455. The lowest BCUT2D eigenvalue weighted by Gasteiger charge is -2.37.